The molecule has 0 aliphatic carbocycles. The highest BCUT2D eigenvalue weighted by Gasteiger charge is 2.35. The van der Waals surface area contributed by atoms with E-state index in [-0.39, 0.29) is 10.8 Å². The van der Waals surface area contributed by atoms with Crippen molar-refractivity contribution >= 4 is 33.9 Å². The van der Waals surface area contributed by atoms with E-state index in [9.17, 15) is 9.00 Å². The van der Waals surface area contributed by atoms with Crippen LogP contribution in [0.25, 0.3) is 11.1 Å². The fourth-order valence-corrected chi connectivity index (χ4v) is 4.56. The number of benzene rings is 1. The zero-order chi connectivity index (χ0) is 16.4. The van der Waals surface area contributed by atoms with Gasteiger partial charge in [-0.25, -0.2) is 4.79 Å². The van der Waals surface area contributed by atoms with Gasteiger partial charge >= 0.3 is 6.03 Å². The standard InChI is InChI=1S/C17H20N2O2S2/c1-17(2)12-19(7-9-23(17)21)16(20)18-15-5-3-4-13(10-15)14-6-8-22-11-14/h3-6,8,10-11H,7,9,12H2,1-2H3,(H,18,20)/t23-/m0/s1. The van der Waals surface area contributed by atoms with Gasteiger partial charge in [0.2, 0.25) is 0 Å². The molecule has 0 bridgehead atoms. The molecule has 4 nitrogen and oxygen atoms in total. The number of thiophene rings is 1. The first-order valence-electron chi connectivity index (χ1n) is 7.53. The average molecular weight is 348 g/mol. The van der Waals surface area contributed by atoms with E-state index in [0.717, 1.165) is 16.8 Å². The summed E-state index contributed by atoms with van der Waals surface area (Å²) < 4.78 is 11.6. The van der Waals surface area contributed by atoms with Crippen LogP contribution >= 0.6 is 11.3 Å². The molecule has 1 aliphatic heterocycles. The second kappa shape index (κ2) is 6.45. The van der Waals surface area contributed by atoms with Crippen molar-refractivity contribution in [2.45, 2.75) is 18.6 Å². The molecule has 2 heterocycles. The van der Waals surface area contributed by atoms with E-state index in [2.05, 4.69) is 16.8 Å². The van der Waals surface area contributed by atoms with Crippen molar-refractivity contribution in [2.24, 2.45) is 0 Å². The number of urea groups is 1. The molecule has 1 aromatic carbocycles. The molecule has 0 unspecified atom stereocenters. The van der Waals surface area contributed by atoms with Gasteiger partial charge < -0.3 is 10.2 Å². The molecule has 1 atom stereocenters. The van der Waals surface area contributed by atoms with Crippen molar-refractivity contribution in [3.05, 3.63) is 41.1 Å². The first-order chi connectivity index (χ1) is 11.0. The molecule has 1 aromatic heterocycles. The summed E-state index contributed by atoms with van der Waals surface area (Å²) in [5.74, 6) is 0.537. The van der Waals surface area contributed by atoms with Crippen molar-refractivity contribution in [3.63, 3.8) is 0 Å². The molecule has 1 saturated heterocycles. The molecule has 1 fully saturated rings. The molecule has 2 amide bonds. The minimum absolute atomic E-state index is 0.128. The van der Waals surface area contributed by atoms with E-state index < -0.39 is 10.8 Å². The molecule has 0 radical (unpaired) electrons. The van der Waals surface area contributed by atoms with Crippen molar-refractivity contribution < 1.29 is 9.00 Å². The van der Waals surface area contributed by atoms with Crippen molar-refractivity contribution in [1.29, 1.82) is 0 Å². The summed E-state index contributed by atoms with van der Waals surface area (Å²) in [6, 6.07) is 9.78. The maximum Gasteiger partial charge on any atom is 0.321 e. The molecule has 122 valence electrons. The van der Waals surface area contributed by atoms with Crippen LogP contribution in [0, 0.1) is 0 Å². The number of anilines is 1. The lowest BCUT2D eigenvalue weighted by molar-refractivity contribution is 0.207. The number of amides is 2. The van der Waals surface area contributed by atoms with Crippen LogP contribution in [0.2, 0.25) is 0 Å². The maximum atomic E-state index is 12.5. The van der Waals surface area contributed by atoms with E-state index in [1.165, 1.54) is 0 Å². The Labute approximate surface area is 143 Å². The third-order valence-corrected chi connectivity index (χ3v) is 6.59. The van der Waals surface area contributed by atoms with Crippen molar-refractivity contribution in [1.82, 2.24) is 4.90 Å². The first-order valence-corrected chi connectivity index (χ1v) is 9.79. The Hall–Kier alpha value is -1.66. The summed E-state index contributed by atoms with van der Waals surface area (Å²) >= 11 is 1.65. The summed E-state index contributed by atoms with van der Waals surface area (Å²) in [5, 5.41) is 7.08. The predicted molar refractivity (Wildman–Crippen MR) is 97.4 cm³/mol. The summed E-state index contributed by atoms with van der Waals surface area (Å²) in [4.78, 5) is 14.2. The lowest BCUT2D eigenvalue weighted by Gasteiger charge is -2.37. The molecule has 0 saturated carbocycles. The van der Waals surface area contributed by atoms with E-state index in [0.29, 0.717) is 18.8 Å². The number of nitrogens with one attached hydrogen (secondary N) is 1. The van der Waals surface area contributed by atoms with Gasteiger partial charge in [-0.1, -0.05) is 12.1 Å². The normalized spacial score (nSPS) is 20.3. The number of rotatable bonds is 2. The van der Waals surface area contributed by atoms with Crippen LogP contribution in [0.15, 0.2) is 41.1 Å². The fraction of sp³-hybridized carbons (Fsp3) is 0.353. The molecule has 0 spiro atoms. The van der Waals surface area contributed by atoms with Crippen LogP contribution in [0.4, 0.5) is 10.5 Å². The second-order valence-electron chi connectivity index (χ2n) is 6.25. The Kier molecular flexibility index (Phi) is 4.55. The minimum Gasteiger partial charge on any atom is -0.322 e. The third kappa shape index (κ3) is 3.64. The number of hydrogen-bond acceptors (Lipinski definition) is 3. The second-order valence-corrected chi connectivity index (χ2v) is 9.24. The van der Waals surface area contributed by atoms with Crippen LogP contribution in [-0.4, -0.2) is 38.7 Å². The number of carbonyl (C=O) groups excluding carboxylic acids is 1. The minimum atomic E-state index is -0.879. The van der Waals surface area contributed by atoms with Crippen LogP contribution in [0.1, 0.15) is 13.8 Å². The van der Waals surface area contributed by atoms with Gasteiger partial charge in [-0.2, -0.15) is 11.3 Å². The Balaban J connectivity index is 1.71. The van der Waals surface area contributed by atoms with Crippen LogP contribution in [0.5, 0.6) is 0 Å². The summed E-state index contributed by atoms with van der Waals surface area (Å²) in [7, 11) is -0.879. The lowest BCUT2D eigenvalue weighted by atomic mass is 10.1. The molecule has 3 rings (SSSR count). The number of hydrogen-bond donors (Lipinski definition) is 1. The highest BCUT2D eigenvalue weighted by Crippen LogP contribution is 2.25. The Bertz CT molecular complexity index is 726. The Morgan fingerprint density at radius 3 is 2.83 bits per heavy atom. The Morgan fingerprint density at radius 1 is 1.30 bits per heavy atom. The fourth-order valence-electron chi connectivity index (χ4n) is 2.66. The summed E-state index contributed by atoms with van der Waals surface area (Å²) in [6.45, 7) is 4.93. The van der Waals surface area contributed by atoms with Gasteiger partial charge in [0.15, 0.2) is 0 Å². The van der Waals surface area contributed by atoms with Crippen molar-refractivity contribution in [3.8, 4) is 11.1 Å². The third-order valence-electron chi connectivity index (χ3n) is 3.99. The Morgan fingerprint density at radius 2 is 2.13 bits per heavy atom. The predicted octanol–water partition coefficient (Wildman–Crippen LogP) is 3.79. The maximum absolute atomic E-state index is 12.5. The van der Waals surface area contributed by atoms with E-state index in [1.54, 1.807) is 16.2 Å². The van der Waals surface area contributed by atoms with E-state index >= 15 is 0 Å². The highest BCUT2D eigenvalue weighted by atomic mass is 32.2. The van der Waals surface area contributed by atoms with Gasteiger partial charge in [0.05, 0.1) is 4.75 Å². The summed E-state index contributed by atoms with van der Waals surface area (Å²) in [5.41, 5.74) is 3.02. The van der Waals surface area contributed by atoms with Crippen LogP contribution in [0.3, 0.4) is 0 Å². The number of nitrogens with zero attached hydrogens (tertiary/aromatic N) is 1. The van der Waals surface area contributed by atoms with E-state index in [1.807, 2.05) is 43.5 Å². The van der Waals surface area contributed by atoms with Gasteiger partial charge in [0.1, 0.15) is 0 Å². The summed E-state index contributed by atoms with van der Waals surface area (Å²) in [6.07, 6.45) is 0. The molecule has 6 heteroatoms. The van der Waals surface area contributed by atoms with Gasteiger partial charge in [-0.3, -0.25) is 4.21 Å². The first kappa shape index (κ1) is 16.2. The lowest BCUT2D eigenvalue weighted by Crippen LogP contribution is -2.53. The highest BCUT2D eigenvalue weighted by molar-refractivity contribution is 7.86. The zero-order valence-electron chi connectivity index (χ0n) is 13.2. The van der Waals surface area contributed by atoms with Gasteiger partial charge in [0.25, 0.3) is 0 Å². The smallest absolute Gasteiger partial charge is 0.321 e. The molecular weight excluding hydrogens is 328 g/mol. The molecule has 23 heavy (non-hydrogen) atoms. The van der Waals surface area contributed by atoms with E-state index in [4.69, 9.17) is 0 Å². The molecule has 1 aliphatic rings. The molecular formula is C17H20N2O2S2. The van der Waals surface area contributed by atoms with Crippen LogP contribution in [-0.2, 0) is 10.8 Å². The SMILES string of the molecule is CC1(C)CN(C(=O)Nc2cccc(-c3ccsc3)c2)CC[S@@]1=O. The monoisotopic (exact) mass is 348 g/mol. The average Bonchev–Trinajstić information content (AvgIpc) is 3.04. The largest absolute Gasteiger partial charge is 0.322 e. The van der Waals surface area contributed by atoms with Crippen LogP contribution < -0.4 is 5.32 Å². The van der Waals surface area contributed by atoms with Gasteiger partial charge in [-0.15, -0.1) is 0 Å². The van der Waals surface area contributed by atoms with Gasteiger partial charge in [-0.05, 0) is 53.9 Å². The molecule has 1 N–H and O–H groups in total. The van der Waals surface area contributed by atoms with Gasteiger partial charge in [0, 0.05) is 35.3 Å². The topological polar surface area (TPSA) is 49.4 Å². The van der Waals surface area contributed by atoms with Crippen molar-refractivity contribution in [2.75, 3.05) is 24.2 Å². The zero-order valence-corrected chi connectivity index (χ0v) is 14.9. The quantitative estimate of drug-likeness (QED) is 0.898. The number of carbonyl (C=O) groups is 1. The molecule has 2 aromatic rings.